The molecular formula is C7H18N2O2S. The molecule has 0 aromatic heterocycles. The fourth-order valence-electron chi connectivity index (χ4n) is 0.892. The molecule has 0 fully saturated rings. The highest BCUT2D eigenvalue weighted by atomic mass is 32.2. The fraction of sp³-hybridized carbons (Fsp3) is 1.00. The number of hydrogen-bond acceptors (Lipinski definition) is 3. The number of nitrogens with two attached hydrogens (primary N) is 1. The van der Waals surface area contributed by atoms with E-state index in [-0.39, 0.29) is 5.75 Å². The van der Waals surface area contributed by atoms with Gasteiger partial charge in [-0.2, -0.15) is 0 Å². The third-order valence-electron chi connectivity index (χ3n) is 1.68. The van der Waals surface area contributed by atoms with Crippen molar-refractivity contribution in [3.63, 3.8) is 0 Å². The molecule has 0 radical (unpaired) electrons. The standard InChI is InChI=1S/C7H18N2O2S/c1-9-12(10,11)7-5-3-2-4-6-8/h9H,2-8H2,1H3. The summed E-state index contributed by atoms with van der Waals surface area (Å²) in [6, 6.07) is 0. The Morgan fingerprint density at radius 2 is 1.75 bits per heavy atom. The molecule has 0 aliphatic carbocycles. The molecule has 0 amide bonds. The molecule has 3 N–H and O–H groups in total. The molecule has 5 heteroatoms. The Morgan fingerprint density at radius 3 is 2.25 bits per heavy atom. The maximum atomic E-state index is 10.9. The van der Waals surface area contributed by atoms with E-state index in [9.17, 15) is 8.42 Å². The Bertz CT molecular complexity index is 190. The van der Waals surface area contributed by atoms with Crippen LogP contribution in [0.1, 0.15) is 25.7 Å². The van der Waals surface area contributed by atoms with E-state index in [1.54, 1.807) is 0 Å². The zero-order valence-corrected chi connectivity index (χ0v) is 8.36. The predicted molar refractivity (Wildman–Crippen MR) is 50.4 cm³/mol. The van der Waals surface area contributed by atoms with Crippen LogP contribution in [0.4, 0.5) is 0 Å². The molecule has 0 saturated carbocycles. The smallest absolute Gasteiger partial charge is 0.211 e. The van der Waals surface area contributed by atoms with Gasteiger partial charge in [0.15, 0.2) is 0 Å². The van der Waals surface area contributed by atoms with Gasteiger partial charge in [0.25, 0.3) is 0 Å². The highest BCUT2D eigenvalue weighted by Gasteiger charge is 2.04. The normalized spacial score (nSPS) is 11.8. The van der Waals surface area contributed by atoms with Gasteiger partial charge in [0.2, 0.25) is 10.0 Å². The molecule has 12 heavy (non-hydrogen) atoms. The lowest BCUT2D eigenvalue weighted by atomic mass is 10.2. The van der Waals surface area contributed by atoms with E-state index in [1.807, 2.05) is 0 Å². The van der Waals surface area contributed by atoms with Gasteiger partial charge >= 0.3 is 0 Å². The molecule has 0 aromatic rings. The van der Waals surface area contributed by atoms with Crippen molar-refractivity contribution in [2.75, 3.05) is 19.3 Å². The van der Waals surface area contributed by atoms with E-state index in [2.05, 4.69) is 4.72 Å². The summed E-state index contributed by atoms with van der Waals surface area (Å²) in [4.78, 5) is 0. The summed E-state index contributed by atoms with van der Waals surface area (Å²) in [5.41, 5.74) is 5.29. The van der Waals surface area contributed by atoms with Gasteiger partial charge in [-0.3, -0.25) is 0 Å². The molecule has 0 bridgehead atoms. The lowest BCUT2D eigenvalue weighted by molar-refractivity contribution is 0.580. The van der Waals surface area contributed by atoms with E-state index in [0.717, 1.165) is 25.7 Å². The van der Waals surface area contributed by atoms with Crippen LogP contribution in [0.2, 0.25) is 0 Å². The number of nitrogens with one attached hydrogen (secondary N) is 1. The van der Waals surface area contributed by atoms with Crippen LogP contribution in [0.25, 0.3) is 0 Å². The second kappa shape index (κ2) is 6.39. The third-order valence-corrected chi connectivity index (χ3v) is 3.13. The molecular weight excluding hydrogens is 176 g/mol. The van der Waals surface area contributed by atoms with Crippen LogP contribution < -0.4 is 10.5 Å². The van der Waals surface area contributed by atoms with Gasteiger partial charge in [-0.1, -0.05) is 12.8 Å². The minimum absolute atomic E-state index is 0.230. The zero-order chi connectivity index (χ0) is 9.45. The maximum Gasteiger partial charge on any atom is 0.211 e. The first-order chi connectivity index (χ1) is 5.62. The van der Waals surface area contributed by atoms with Crippen molar-refractivity contribution >= 4 is 10.0 Å². The average molecular weight is 194 g/mol. The summed E-state index contributed by atoms with van der Waals surface area (Å²) in [7, 11) is -1.55. The topological polar surface area (TPSA) is 72.2 Å². The minimum Gasteiger partial charge on any atom is -0.330 e. The van der Waals surface area contributed by atoms with Gasteiger partial charge in [-0.05, 0) is 26.4 Å². The van der Waals surface area contributed by atoms with Crippen LogP contribution in [0, 0.1) is 0 Å². The first-order valence-corrected chi connectivity index (χ1v) is 5.89. The largest absolute Gasteiger partial charge is 0.330 e. The highest BCUT2D eigenvalue weighted by molar-refractivity contribution is 7.89. The van der Waals surface area contributed by atoms with Crippen molar-refractivity contribution in [2.24, 2.45) is 5.73 Å². The molecule has 0 aromatic carbocycles. The first kappa shape index (κ1) is 11.9. The van der Waals surface area contributed by atoms with E-state index in [1.165, 1.54) is 7.05 Å². The van der Waals surface area contributed by atoms with Crippen LogP contribution in [0.3, 0.4) is 0 Å². The average Bonchev–Trinajstić information content (AvgIpc) is 2.04. The number of hydrogen-bond donors (Lipinski definition) is 2. The lowest BCUT2D eigenvalue weighted by Gasteiger charge is -2.01. The second-order valence-electron chi connectivity index (χ2n) is 2.73. The highest BCUT2D eigenvalue weighted by Crippen LogP contribution is 2.00. The summed E-state index contributed by atoms with van der Waals surface area (Å²) in [5.74, 6) is 0.230. The van der Waals surface area contributed by atoms with Gasteiger partial charge < -0.3 is 5.73 Å². The van der Waals surface area contributed by atoms with Gasteiger partial charge in [-0.15, -0.1) is 0 Å². The van der Waals surface area contributed by atoms with Crippen LogP contribution in [0.15, 0.2) is 0 Å². The molecule has 0 spiro atoms. The Balaban J connectivity index is 3.32. The predicted octanol–water partition coefficient (Wildman–Crippen LogP) is 0.0547. The van der Waals surface area contributed by atoms with Crippen molar-refractivity contribution in [3.05, 3.63) is 0 Å². The molecule has 4 nitrogen and oxygen atoms in total. The number of sulfonamides is 1. The Kier molecular flexibility index (Phi) is 6.32. The molecule has 0 aliphatic rings. The first-order valence-electron chi connectivity index (χ1n) is 4.23. The Labute approximate surface area is 74.6 Å². The molecule has 0 aliphatic heterocycles. The zero-order valence-electron chi connectivity index (χ0n) is 7.54. The van der Waals surface area contributed by atoms with E-state index < -0.39 is 10.0 Å². The summed E-state index contributed by atoms with van der Waals surface area (Å²) in [5, 5.41) is 0. The van der Waals surface area contributed by atoms with Crippen molar-refractivity contribution in [1.29, 1.82) is 0 Å². The summed E-state index contributed by atoms with van der Waals surface area (Å²) in [6.45, 7) is 0.693. The molecule has 74 valence electrons. The van der Waals surface area contributed by atoms with Crippen LogP contribution in [-0.2, 0) is 10.0 Å². The minimum atomic E-state index is -2.99. The van der Waals surface area contributed by atoms with Gasteiger partial charge in [-0.25, -0.2) is 13.1 Å². The molecule has 0 rings (SSSR count). The van der Waals surface area contributed by atoms with Crippen molar-refractivity contribution < 1.29 is 8.42 Å². The molecule has 0 heterocycles. The Hall–Kier alpha value is -0.130. The number of rotatable bonds is 7. The van der Waals surface area contributed by atoms with Crippen molar-refractivity contribution in [2.45, 2.75) is 25.7 Å². The van der Waals surface area contributed by atoms with E-state index in [4.69, 9.17) is 5.73 Å². The van der Waals surface area contributed by atoms with Crippen LogP contribution in [-0.4, -0.2) is 27.8 Å². The van der Waals surface area contributed by atoms with E-state index >= 15 is 0 Å². The van der Waals surface area contributed by atoms with Crippen LogP contribution >= 0.6 is 0 Å². The fourth-order valence-corrected chi connectivity index (χ4v) is 1.68. The second-order valence-corrected chi connectivity index (χ2v) is 4.77. The molecule has 0 atom stereocenters. The number of unbranched alkanes of at least 4 members (excludes halogenated alkanes) is 3. The van der Waals surface area contributed by atoms with Gasteiger partial charge in [0.05, 0.1) is 5.75 Å². The van der Waals surface area contributed by atoms with Gasteiger partial charge in [0, 0.05) is 0 Å². The van der Waals surface area contributed by atoms with Crippen LogP contribution in [0.5, 0.6) is 0 Å². The quantitative estimate of drug-likeness (QED) is 0.563. The third kappa shape index (κ3) is 6.57. The van der Waals surface area contributed by atoms with E-state index in [0.29, 0.717) is 6.54 Å². The lowest BCUT2D eigenvalue weighted by Crippen LogP contribution is -2.21. The molecule has 0 unspecified atom stereocenters. The SMILES string of the molecule is CNS(=O)(=O)CCCCCCN. The van der Waals surface area contributed by atoms with Gasteiger partial charge in [0.1, 0.15) is 0 Å². The van der Waals surface area contributed by atoms with Crippen molar-refractivity contribution in [1.82, 2.24) is 4.72 Å². The monoisotopic (exact) mass is 194 g/mol. The summed E-state index contributed by atoms with van der Waals surface area (Å²) < 4.78 is 24.1. The van der Waals surface area contributed by atoms with Crippen molar-refractivity contribution in [3.8, 4) is 0 Å². The maximum absolute atomic E-state index is 10.9. The summed E-state index contributed by atoms with van der Waals surface area (Å²) >= 11 is 0. The Morgan fingerprint density at radius 1 is 1.17 bits per heavy atom. The summed E-state index contributed by atoms with van der Waals surface area (Å²) in [6.07, 6.45) is 3.68. The molecule has 0 saturated heterocycles.